The molecule has 0 rings (SSSR count). The lowest BCUT2D eigenvalue weighted by Gasteiger charge is -2.17. The van der Waals surface area contributed by atoms with Crippen LogP contribution in [0.25, 0.3) is 0 Å². The number of hydrogen-bond donors (Lipinski definition) is 0. The van der Waals surface area contributed by atoms with Crippen LogP contribution in [-0.4, -0.2) is 20.2 Å². The molecule has 5 heteroatoms. The molecule has 0 radical (unpaired) electrons. The van der Waals surface area contributed by atoms with Crippen LogP contribution in [-0.2, 0) is 4.74 Å². The molecular weight excluding hydrogens is 156 g/mol. The van der Waals surface area contributed by atoms with Crippen molar-refractivity contribution in [2.45, 2.75) is 13.3 Å². The third-order valence-corrected chi connectivity index (χ3v) is 1.10. The number of rotatable bonds is 5. The van der Waals surface area contributed by atoms with E-state index in [1.165, 1.54) is 0 Å². The third kappa shape index (κ3) is 4.90. The van der Waals surface area contributed by atoms with Crippen LogP contribution in [0.5, 0.6) is 0 Å². The second-order valence-electron chi connectivity index (χ2n) is 2.29. The molecule has 0 amide bonds. The molecule has 0 saturated heterocycles. The summed E-state index contributed by atoms with van der Waals surface area (Å²) in [7, 11) is 0. The summed E-state index contributed by atoms with van der Waals surface area (Å²) in [5, 5.41) is 0. The molecule has 0 saturated carbocycles. The number of halogens is 3. The highest BCUT2D eigenvalue weighted by atomic mass is 19.4. The molecule has 0 N–H and O–H groups in total. The molecule has 0 spiro atoms. The van der Waals surface area contributed by atoms with Gasteiger partial charge in [-0.2, -0.15) is 0 Å². The maximum absolute atomic E-state index is 11.8. The highest BCUT2D eigenvalue weighted by Crippen LogP contribution is 2.17. The van der Waals surface area contributed by atoms with Crippen molar-refractivity contribution < 1.29 is 17.7 Å². The fourth-order valence-corrected chi connectivity index (χ4v) is 0.442. The second kappa shape index (κ2) is 4.44. The Balaban J connectivity index is 3.54. The number of ether oxygens (including phenoxy) is 1. The van der Waals surface area contributed by atoms with Crippen LogP contribution in [0.3, 0.4) is 0 Å². The summed E-state index contributed by atoms with van der Waals surface area (Å²) in [4.78, 5) is 0. The molecule has 0 aromatic carbocycles. The van der Waals surface area contributed by atoms with E-state index in [1.54, 1.807) is 0 Å². The van der Waals surface area contributed by atoms with Crippen LogP contribution in [0.4, 0.5) is 12.9 Å². The fourth-order valence-electron chi connectivity index (χ4n) is 0.442. The summed E-state index contributed by atoms with van der Waals surface area (Å²) >= 11 is 0. The second-order valence-corrected chi connectivity index (χ2v) is 2.29. The van der Waals surface area contributed by atoms with Gasteiger partial charge in [-0.05, 0) is 6.42 Å². The standard InChI is InChI=1S/C6H11BF3O/c1-3-4-11-5-6(2)7(8,9)10/h2-5H2,1H3/q-1. The Hall–Kier alpha value is -0.445. The van der Waals surface area contributed by atoms with Crippen molar-refractivity contribution in [1.29, 1.82) is 0 Å². The van der Waals surface area contributed by atoms with Gasteiger partial charge in [-0.3, -0.25) is 0 Å². The molecule has 0 aliphatic rings. The minimum Gasteiger partial charge on any atom is -0.445 e. The van der Waals surface area contributed by atoms with Gasteiger partial charge >= 0.3 is 6.98 Å². The monoisotopic (exact) mass is 167 g/mol. The van der Waals surface area contributed by atoms with Crippen molar-refractivity contribution in [1.82, 2.24) is 0 Å². The first-order valence-electron chi connectivity index (χ1n) is 3.43. The summed E-state index contributed by atoms with van der Waals surface area (Å²) in [6.07, 6.45) is 0.720. The zero-order valence-corrected chi connectivity index (χ0v) is 6.45. The van der Waals surface area contributed by atoms with Crippen molar-refractivity contribution >= 4 is 6.98 Å². The number of hydrogen-bond acceptors (Lipinski definition) is 1. The molecule has 0 aromatic rings. The Morgan fingerprint density at radius 1 is 1.45 bits per heavy atom. The smallest absolute Gasteiger partial charge is 0.445 e. The van der Waals surface area contributed by atoms with Crippen LogP contribution in [0.1, 0.15) is 13.3 Å². The van der Waals surface area contributed by atoms with Crippen LogP contribution in [0.2, 0.25) is 0 Å². The lowest BCUT2D eigenvalue weighted by molar-refractivity contribution is 0.157. The molecule has 0 fully saturated rings. The van der Waals surface area contributed by atoms with E-state index in [1.807, 2.05) is 6.92 Å². The molecule has 1 nitrogen and oxygen atoms in total. The van der Waals surface area contributed by atoms with Crippen LogP contribution >= 0.6 is 0 Å². The summed E-state index contributed by atoms with van der Waals surface area (Å²) in [6.45, 7) is -0.234. The summed E-state index contributed by atoms with van der Waals surface area (Å²) in [6, 6.07) is 0. The molecule has 11 heavy (non-hydrogen) atoms. The van der Waals surface area contributed by atoms with E-state index in [2.05, 4.69) is 11.3 Å². The van der Waals surface area contributed by atoms with Gasteiger partial charge in [-0.15, -0.1) is 12.1 Å². The minimum absolute atomic E-state index is 0.352. The van der Waals surface area contributed by atoms with E-state index in [4.69, 9.17) is 0 Å². The largest absolute Gasteiger partial charge is 0.507 e. The maximum atomic E-state index is 11.8. The molecular formula is C6H11BF3O-. The Bertz CT molecular complexity index is 132. The summed E-state index contributed by atoms with van der Waals surface area (Å²) in [5.74, 6) is 0. The molecule has 0 aliphatic carbocycles. The van der Waals surface area contributed by atoms with Gasteiger partial charge in [0, 0.05) is 13.2 Å². The van der Waals surface area contributed by atoms with E-state index in [0.717, 1.165) is 6.42 Å². The van der Waals surface area contributed by atoms with Gasteiger partial charge in [0.2, 0.25) is 0 Å². The first-order valence-corrected chi connectivity index (χ1v) is 3.43. The zero-order chi connectivity index (χ0) is 8.91. The molecule has 0 atom stereocenters. The lowest BCUT2D eigenvalue weighted by Crippen LogP contribution is -2.22. The van der Waals surface area contributed by atoms with Crippen molar-refractivity contribution in [3.05, 3.63) is 12.1 Å². The summed E-state index contributed by atoms with van der Waals surface area (Å²) in [5.41, 5.74) is -0.765. The Labute approximate surface area is 64.3 Å². The first kappa shape index (κ1) is 10.6. The van der Waals surface area contributed by atoms with E-state index < -0.39 is 19.1 Å². The normalized spacial score (nSPS) is 11.6. The fraction of sp³-hybridized carbons (Fsp3) is 0.667. The average molecular weight is 167 g/mol. The third-order valence-electron chi connectivity index (χ3n) is 1.10. The van der Waals surface area contributed by atoms with Crippen LogP contribution < -0.4 is 0 Å². The Kier molecular flexibility index (Phi) is 4.26. The minimum atomic E-state index is -4.90. The molecule has 0 unspecified atom stereocenters. The van der Waals surface area contributed by atoms with Gasteiger partial charge in [0.25, 0.3) is 0 Å². The van der Waals surface area contributed by atoms with Gasteiger partial charge in [-0.25, -0.2) is 0 Å². The molecule has 0 aromatic heterocycles. The topological polar surface area (TPSA) is 9.23 Å². The van der Waals surface area contributed by atoms with E-state index >= 15 is 0 Å². The van der Waals surface area contributed by atoms with Crippen LogP contribution in [0, 0.1) is 0 Å². The van der Waals surface area contributed by atoms with E-state index in [9.17, 15) is 12.9 Å². The van der Waals surface area contributed by atoms with E-state index in [0.29, 0.717) is 6.61 Å². The van der Waals surface area contributed by atoms with Crippen LogP contribution in [0.15, 0.2) is 12.1 Å². The highest BCUT2D eigenvalue weighted by molar-refractivity contribution is 6.66. The maximum Gasteiger partial charge on any atom is 0.507 e. The molecule has 0 heterocycles. The zero-order valence-electron chi connectivity index (χ0n) is 6.45. The molecule has 0 aliphatic heterocycles. The van der Waals surface area contributed by atoms with Gasteiger partial charge < -0.3 is 17.7 Å². The molecule has 0 bridgehead atoms. The lowest BCUT2D eigenvalue weighted by atomic mass is 9.81. The van der Waals surface area contributed by atoms with E-state index in [-0.39, 0.29) is 0 Å². The first-order chi connectivity index (χ1) is 4.98. The van der Waals surface area contributed by atoms with Crippen molar-refractivity contribution in [2.24, 2.45) is 0 Å². The quantitative estimate of drug-likeness (QED) is 0.451. The predicted molar refractivity (Wildman–Crippen MR) is 39.3 cm³/mol. The predicted octanol–water partition coefficient (Wildman–Crippen LogP) is 2.36. The Morgan fingerprint density at radius 3 is 2.36 bits per heavy atom. The summed E-state index contributed by atoms with van der Waals surface area (Å²) < 4.78 is 39.9. The van der Waals surface area contributed by atoms with Crippen molar-refractivity contribution in [2.75, 3.05) is 13.2 Å². The van der Waals surface area contributed by atoms with Crippen molar-refractivity contribution in [3.8, 4) is 0 Å². The SMILES string of the molecule is C=C(COCCC)[B-](F)(F)F. The average Bonchev–Trinajstić information content (AvgIpc) is 1.86. The van der Waals surface area contributed by atoms with Gasteiger partial charge in [0.1, 0.15) is 0 Å². The highest BCUT2D eigenvalue weighted by Gasteiger charge is 2.26. The Morgan fingerprint density at radius 2 is 2.00 bits per heavy atom. The van der Waals surface area contributed by atoms with Gasteiger partial charge in [-0.1, -0.05) is 6.92 Å². The van der Waals surface area contributed by atoms with Gasteiger partial charge in [0.15, 0.2) is 0 Å². The van der Waals surface area contributed by atoms with Crippen molar-refractivity contribution in [3.63, 3.8) is 0 Å². The van der Waals surface area contributed by atoms with Gasteiger partial charge in [0.05, 0.1) is 0 Å². The molecule has 66 valence electrons.